The smallest absolute Gasteiger partial charge is 0.177 e. The predicted octanol–water partition coefficient (Wildman–Crippen LogP) is 2.55. The van der Waals surface area contributed by atoms with E-state index in [2.05, 4.69) is 0 Å². The van der Waals surface area contributed by atoms with Crippen molar-refractivity contribution in [2.45, 2.75) is 13.3 Å². The van der Waals surface area contributed by atoms with E-state index in [9.17, 15) is 20.1 Å². The quantitative estimate of drug-likeness (QED) is 0.793. The van der Waals surface area contributed by atoms with Gasteiger partial charge < -0.3 is 20.1 Å². The molecule has 114 valence electrons. The third-order valence-corrected chi connectivity index (χ3v) is 3.95. The molecular weight excluding hydrogens is 284 g/mol. The van der Waals surface area contributed by atoms with Gasteiger partial charge in [0.15, 0.2) is 5.78 Å². The molecule has 0 aromatic heterocycles. The molecule has 0 amide bonds. The number of Topliss-reactive ketones (excluding diaryl/α,β-unsaturated/α-hetero) is 1. The first kappa shape index (κ1) is 14.3. The molecule has 2 aromatic rings. The van der Waals surface area contributed by atoms with Crippen LogP contribution in [0.15, 0.2) is 30.3 Å². The third kappa shape index (κ3) is 2.35. The number of ketones is 1. The van der Waals surface area contributed by atoms with Crippen LogP contribution in [0.2, 0.25) is 0 Å². The van der Waals surface area contributed by atoms with Crippen LogP contribution in [0.3, 0.4) is 0 Å². The van der Waals surface area contributed by atoms with Crippen LogP contribution in [0, 0.1) is 12.8 Å². The maximum absolute atomic E-state index is 12.6. The summed E-state index contributed by atoms with van der Waals surface area (Å²) in [6.07, 6.45) is 0.456. The topological polar surface area (TPSA) is 87.0 Å². The Hall–Kier alpha value is -2.69. The predicted molar refractivity (Wildman–Crippen MR) is 79.6 cm³/mol. The first-order valence-electron chi connectivity index (χ1n) is 6.98. The Labute approximate surface area is 127 Å². The van der Waals surface area contributed by atoms with Crippen LogP contribution < -0.4 is 4.74 Å². The zero-order valence-electron chi connectivity index (χ0n) is 12.0. The molecule has 5 nitrogen and oxygen atoms in total. The van der Waals surface area contributed by atoms with Crippen molar-refractivity contribution in [1.82, 2.24) is 0 Å². The number of rotatable bonds is 2. The zero-order valence-corrected chi connectivity index (χ0v) is 12.0. The number of benzene rings is 2. The van der Waals surface area contributed by atoms with E-state index in [4.69, 9.17) is 4.74 Å². The molecule has 1 atom stereocenters. The zero-order chi connectivity index (χ0) is 15.9. The van der Waals surface area contributed by atoms with Gasteiger partial charge in [-0.25, -0.2) is 0 Å². The van der Waals surface area contributed by atoms with Gasteiger partial charge in [0.05, 0.1) is 12.5 Å². The van der Waals surface area contributed by atoms with E-state index in [-0.39, 0.29) is 41.0 Å². The van der Waals surface area contributed by atoms with Gasteiger partial charge in [-0.15, -0.1) is 0 Å². The lowest BCUT2D eigenvalue weighted by Gasteiger charge is -2.26. The largest absolute Gasteiger partial charge is 0.508 e. The van der Waals surface area contributed by atoms with Gasteiger partial charge in [0.25, 0.3) is 0 Å². The molecular formula is C17H16O5. The monoisotopic (exact) mass is 300 g/mol. The highest BCUT2D eigenvalue weighted by molar-refractivity contribution is 6.04. The van der Waals surface area contributed by atoms with Crippen molar-refractivity contribution in [3.8, 4) is 23.0 Å². The van der Waals surface area contributed by atoms with E-state index in [1.807, 2.05) is 0 Å². The average Bonchev–Trinajstić information content (AvgIpc) is 2.49. The van der Waals surface area contributed by atoms with Crippen molar-refractivity contribution < 1.29 is 24.9 Å². The molecule has 1 aliphatic heterocycles. The van der Waals surface area contributed by atoms with E-state index < -0.39 is 5.92 Å². The van der Waals surface area contributed by atoms with Gasteiger partial charge in [0.1, 0.15) is 28.6 Å². The molecule has 3 rings (SSSR count). The fraction of sp³-hybridized carbons (Fsp3) is 0.235. The first-order chi connectivity index (χ1) is 10.5. The van der Waals surface area contributed by atoms with Crippen LogP contribution in [0.4, 0.5) is 0 Å². The summed E-state index contributed by atoms with van der Waals surface area (Å²) in [6.45, 7) is 1.83. The number of fused-ring (bicyclic) bond motifs is 1. The number of ether oxygens (including phenoxy) is 1. The molecule has 1 heterocycles. The molecule has 0 aliphatic carbocycles. The van der Waals surface area contributed by atoms with Gasteiger partial charge in [-0.2, -0.15) is 0 Å². The highest BCUT2D eigenvalue weighted by Gasteiger charge is 2.33. The number of aromatic hydroxyl groups is 3. The second kappa shape index (κ2) is 5.26. The Morgan fingerprint density at radius 2 is 1.82 bits per heavy atom. The Morgan fingerprint density at radius 1 is 1.14 bits per heavy atom. The normalized spacial score (nSPS) is 17.0. The van der Waals surface area contributed by atoms with Gasteiger partial charge in [-0.3, -0.25) is 4.79 Å². The summed E-state index contributed by atoms with van der Waals surface area (Å²) < 4.78 is 5.60. The van der Waals surface area contributed by atoms with Crippen LogP contribution in [-0.2, 0) is 6.42 Å². The summed E-state index contributed by atoms with van der Waals surface area (Å²) in [6, 6.07) is 7.80. The average molecular weight is 300 g/mol. The van der Waals surface area contributed by atoms with Gasteiger partial charge >= 0.3 is 0 Å². The SMILES string of the molecule is Cc1c(O)cc(O)c2c1OC[C@@H](Cc1ccc(O)cc1)C2=O. The molecule has 0 unspecified atom stereocenters. The van der Waals surface area contributed by atoms with Crippen molar-refractivity contribution >= 4 is 5.78 Å². The fourth-order valence-corrected chi connectivity index (χ4v) is 2.68. The minimum atomic E-state index is -0.410. The summed E-state index contributed by atoms with van der Waals surface area (Å²) in [5, 5.41) is 28.9. The summed E-state index contributed by atoms with van der Waals surface area (Å²) in [5.41, 5.74) is 1.48. The van der Waals surface area contributed by atoms with Crippen molar-refractivity contribution in [3.05, 3.63) is 47.0 Å². The summed E-state index contributed by atoms with van der Waals surface area (Å²) in [5.74, 6) is -0.546. The molecule has 0 bridgehead atoms. The van der Waals surface area contributed by atoms with E-state index >= 15 is 0 Å². The Bertz CT molecular complexity index is 734. The van der Waals surface area contributed by atoms with E-state index in [0.29, 0.717) is 12.0 Å². The van der Waals surface area contributed by atoms with Crippen molar-refractivity contribution in [2.75, 3.05) is 6.61 Å². The molecule has 5 heteroatoms. The van der Waals surface area contributed by atoms with Crippen molar-refractivity contribution in [3.63, 3.8) is 0 Å². The molecule has 0 spiro atoms. The highest BCUT2D eigenvalue weighted by atomic mass is 16.5. The van der Waals surface area contributed by atoms with Crippen LogP contribution in [0.1, 0.15) is 21.5 Å². The summed E-state index contributed by atoms with van der Waals surface area (Å²) in [4.78, 5) is 12.6. The molecule has 2 aromatic carbocycles. The Kier molecular flexibility index (Phi) is 3.41. The van der Waals surface area contributed by atoms with Crippen molar-refractivity contribution in [1.29, 1.82) is 0 Å². The maximum atomic E-state index is 12.6. The molecule has 0 fully saturated rings. The number of hydrogen-bond acceptors (Lipinski definition) is 5. The number of hydrogen-bond donors (Lipinski definition) is 3. The van der Waals surface area contributed by atoms with E-state index in [1.165, 1.54) is 6.07 Å². The van der Waals surface area contributed by atoms with E-state index in [1.54, 1.807) is 31.2 Å². The molecule has 1 aliphatic rings. The minimum Gasteiger partial charge on any atom is -0.508 e. The number of phenolic OH excluding ortho intramolecular Hbond substituents is 3. The van der Waals surface area contributed by atoms with Crippen molar-refractivity contribution in [2.24, 2.45) is 5.92 Å². The highest BCUT2D eigenvalue weighted by Crippen LogP contribution is 2.41. The summed E-state index contributed by atoms with van der Waals surface area (Å²) >= 11 is 0. The fourth-order valence-electron chi connectivity index (χ4n) is 2.68. The van der Waals surface area contributed by atoms with E-state index in [0.717, 1.165) is 5.56 Å². The van der Waals surface area contributed by atoms with Gasteiger partial charge in [-0.1, -0.05) is 12.1 Å². The number of carbonyl (C=O) groups excluding carboxylic acids is 1. The van der Waals surface area contributed by atoms with Crippen LogP contribution in [0.25, 0.3) is 0 Å². The van der Waals surface area contributed by atoms with Gasteiger partial charge in [0, 0.05) is 11.6 Å². The van der Waals surface area contributed by atoms with Gasteiger partial charge in [-0.05, 0) is 31.0 Å². The summed E-state index contributed by atoms with van der Waals surface area (Å²) in [7, 11) is 0. The first-order valence-corrected chi connectivity index (χ1v) is 6.98. The lowest BCUT2D eigenvalue weighted by Crippen LogP contribution is -2.30. The second-order valence-corrected chi connectivity index (χ2v) is 5.49. The molecule has 3 N–H and O–H groups in total. The Balaban J connectivity index is 1.91. The minimum absolute atomic E-state index is 0.0963. The number of carbonyl (C=O) groups is 1. The third-order valence-electron chi connectivity index (χ3n) is 3.95. The van der Waals surface area contributed by atoms with Crippen LogP contribution in [-0.4, -0.2) is 27.7 Å². The maximum Gasteiger partial charge on any atom is 0.177 e. The lowest BCUT2D eigenvalue weighted by atomic mass is 9.88. The lowest BCUT2D eigenvalue weighted by molar-refractivity contribution is 0.0824. The number of phenols is 3. The standard InChI is InChI=1S/C17H16O5/c1-9-13(19)7-14(20)15-16(21)11(8-22-17(9)15)6-10-2-4-12(18)5-3-10/h2-5,7,11,18-20H,6,8H2,1H3/t11-/m1/s1. The molecule has 22 heavy (non-hydrogen) atoms. The van der Waals surface area contributed by atoms with Crippen LogP contribution in [0.5, 0.6) is 23.0 Å². The molecule has 0 saturated carbocycles. The van der Waals surface area contributed by atoms with Crippen LogP contribution >= 0.6 is 0 Å². The second-order valence-electron chi connectivity index (χ2n) is 5.49. The van der Waals surface area contributed by atoms with Gasteiger partial charge in [0.2, 0.25) is 0 Å². The molecule has 0 radical (unpaired) electrons. The Morgan fingerprint density at radius 3 is 2.50 bits per heavy atom. The molecule has 0 saturated heterocycles.